The van der Waals surface area contributed by atoms with E-state index < -0.39 is 10.0 Å². The lowest BCUT2D eigenvalue weighted by atomic mass is 10.1. The summed E-state index contributed by atoms with van der Waals surface area (Å²) >= 11 is 0. The molecule has 1 heterocycles. The second-order valence-corrected chi connectivity index (χ2v) is 7.33. The van der Waals surface area contributed by atoms with Gasteiger partial charge in [-0.25, -0.2) is 8.42 Å². The molecule has 120 valence electrons. The van der Waals surface area contributed by atoms with E-state index in [0.717, 1.165) is 11.1 Å². The van der Waals surface area contributed by atoms with E-state index in [1.54, 1.807) is 19.2 Å². The highest BCUT2D eigenvalue weighted by Gasteiger charge is 2.28. The zero-order chi connectivity index (χ0) is 16.4. The van der Waals surface area contributed by atoms with Gasteiger partial charge in [-0.2, -0.15) is 0 Å². The first-order chi connectivity index (χ1) is 11.0. The molecular formula is C18H19NO3S. The van der Waals surface area contributed by atoms with Gasteiger partial charge in [0.15, 0.2) is 0 Å². The summed E-state index contributed by atoms with van der Waals surface area (Å²) < 4.78 is 33.0. The van der Waals surface area contributed by atoms with Crippen molar-refractivity contribution in [3.05, 3.63) is 65.7 Å². The number of hydrogen-bond acceptors (Lipinski definition) is 3. The van der Waals surface area contributed by atoms with E-state index in [1.165, 1.54) is 4.31 Å². The Kier molecular flexibility index (Phi) is 4.13. The van der Waals surface area contributed by atoms with E-state index in [9.17, 15) is 8.42 Å². The molecule has 0 unspecified atom stereocenters. The average Bonchev–Trinajstić information content (AvgIpc) is 2.75. The fraction of sp³-hybridized carbons (Fsp3) is 0.222. The molecule has 23 heavy (non-hydrogen) atoms. The maximum Gasteiger partial charge on any atom is 0.264 e. The van der Waals surface area contributed by atoms with E-state index in [-0.39, 0.29) is 0 Å². The van der Waals surface area contributed by atoms with Crippen LogP contribution in [0.5, 0.6) is 0 Å². The van der Waals surface area contributed by atoms with Crippen LogP contribution in [0.3, 0.4) is 0 Å². The van der Waals surface area contributed by atoms with Crippen molar-refractivity contribution < 1.29 is 13.2 Å². The molecule has 0 saturated heterocycles. The van der Waals surface area contributed by atoms with Crippen molar-refractivity contribution in [3.8, 4) is 0 Å². The third kappa shape index (κ3) is 2.84. The van der Waals surface area contributed by atoms with Gasteiger partial charge in [-0.3, -0.25) is 4.31 Å². The first kappa shape index (κ1) is 15.6. The molecule has 3 rings (SSSR count). The minimum Gasteiger partial charge on any atom is -0.496 e. The van der Waals surface area contributed by atoms with Gasteiger partial charge in [0.25, 0.3) is 10.0 Å². The highest BCUT2D eigenvalue weighted by atomic mass is 32.2. The van der Waals surface area contributed by atoms with Crippen molar-refractivity contribution >= 4 is 21.5 Å². The van der Waals surface area contributed by atoms with Gasteiger partial charge in [-0.05, 0) is 43.7 Å². The molecule has 0 N–H and O–H groups in total. The van der Waals surface area contributed by atoms with Crippen LogP contribution in [0.25, 0.3) is 5.76 Å². The molecule has 2 aromatic rings. The van der Waals surface area contributed by atoms with Gasteiger partial charge < -0.3 is 4.74 Å². The highest BCUT2D eigenvalue weighted by molar-refractivity contribution is 7.92. The molecule has 1 aliphatic heterocycles. The van der Waals surface area contributed by atoms with Gasteiger partial charge in [0.05, 0.1) is 17.7 Å². The number of benzene rings is 2. The standard InChI is InChI=1S/C18H19NO3S/c1-14-9-11-15(12-10-14)23(20,21)19-13-5-8-18(22-2)16-6-3-4-7-17(16)19/h3-4,6-12H,5,13H2,1-2H3. The number of fused-ring (bicyclic) bond motifs is 1. The highest BCUT2D eigenvalue weighted by Crippen LogP contribution is 2.34. The predicted molar refractivity (Wildman–Crippen MR) is 91.8 cm³/mol. The Morgan fingerprint density at radius 1 is 1.04 bits per heavy atom. The van der Waals surface area contributed by atoms with Gasteiger partial charge in [0, 0.05) is 12.1 Å². The molecule has 4 nitrogen and oxygen atoms in total. The zero-order valence-corrected chi connectivity index (χ0v) is 14.0. The second kappa shape index (κ2) is 6.08. The SMILES string of the molecule is COC1=CCCN(S(=O)(=O)c2ccc(C)cc2)c2ccccc21. The Bertz CT molecular complexity index is 839. The van der Waals surface area contributed by atoms with Crippen LogP contribution in [0, 0.1) is 6.92 Å². The maximum absolute atomic E-state index is 13.1. The van der Waals surface area contributed by atoms with Gasteiger partial charge in [-0.15, -0.1) is 0 Å². The normalized spacial score (nSPS) is 14.7. The Morgan fingerprint density at radius 3 is 2.43 bits per heavy atom. The minimum atomic E-state index is -3.60. The van der Waals surface area contributed by atoms with E-state index in [2.05, 4.69) is 0 Å². The molecule has 0 aliphatic carbocycles. The fourth-order valence-corrected chi connectivity index (χ4v) is 4.22. The van der Waals surface area contributed by atoms with Crippen molar-refractivity contribution in [2.75, 3.05) is 18.0 Å². The zero-order valence-electron chi connectivity index (χ0n) is 13.2. The molecule has 0 fully saturated rings. The molecule has 1 aliphatic rings. The van der Waals surface area contributed by atoms with Crippen molar-refractivity contribution in [1.29, 1.82) is 0 Å². The van der Waals surface area contributed by atoms with Crippen molar-refractivity contribution in [1.82, 2.24) is 0 Å². The number of para-hydroxylation sites is 1. The quantitative estimate of drug-likeness (QED) is 0.864. The monoisotopic (exact) mass is 329 g/mol. The van der Waals surface area contributed by atoms with E-state index >= 15 is 0 Å². The van der Waals surface area contributed by atoms with Crippen LogP contribution in [-0.4, -0.2) is 22.1 Å². The van der Waals surface area contributed by atoms with Crippen LogP contribution in [-0.2, 0) is 14.8 Å². The molecule has 0 spiro atoms. The van der Waals surface area contributed by atoms with Crippen LogP contribution in [0.1, 0.15) is 17.5 Å². The summed E-state index contributed by atoms with van der Waals surface area (Å²) in [4.78, 5) is 0.304. The Labute approximate surface area is 137 Å². The number of nitrogens with zero attached hydrogens (tertiary/aromatic N) is 1. The molecule has 0 radical (unpaired) electrons. The summed E-state index contributed by atoms with van der Waals surface area (Å²) in [5.41, 5.74) is 2.48. The molecule has 0 atom stereocenters. The molecule has 0 saturated carbocycles. The van der Waals surface area contributed by atoms with Gasteiger partial charge >= 0.3 is 0 Å². The third-order valence-electron chi connectivity index (χ3n) is 3.93. The van der Waals surface area contributed by atoms with E-state index in [0.29, 0.717) is 29.3 Å². The first-order valence-corrected chi connectivity index (χ1v) is 8.91. The summed E-state index contributed by atoms with van der Waals surface area (Å²) in [6.45, 7) is 2.33. The Hall–Kier alpha value is -2.27. The number of sulfonamides is 1. The number of aryl methyl sites for hydroxylation is 1. The van der Waals surface area contributed by atoms with Crippen molar-refractivity contribution in [2.24, 2.45) is 0 Å². The van der Waals surface area contributed by atoms with Crippen LogP contribution in [0.15, 0.2) is 59.5 Å². The predicted octanol–water partition coefficient (Wildman–Crippen LogP) is 3.58. The third-order valence-corrected chi connectivity index (χ3v) is 5.76. The lowest BCUT2D eigenvalue weighted by Gasteiger charge is -2.25. The topological polar surface area (TPSA) is 46.6 Å². The summed E-state index contributed by atoms with van der Waals surface area (Å²) in [7, 11) is -2.00. The Morgan fingerprint density at radius 2 is 1.74 bits per heavy atom. The van der Waals surface area contributed by atoms with Crippen molar-refractivity contribution in [3.63, 3.8) is 0 Å². The van der Waals surface area contributed by atoms with Crippen LogP contribution >= 0.6 is 0 Å². The number of hydrogen-bond donors (Lipinski definition) is 0. The lowest BCUT2D eigenvalue weighted by molar-refractivity contribution is 0.369. The lowest BCUT2D eigenvalue weighted by Crippen LogP contribution is -2.32. The second-order valence-electron chi connectivity index (χ2n) is 5.47. The van der Waals surface area contributed by atoms with Gasteiger partial charge in [-0.1, -0.05) is 29.8 Å². The number of rotatable bonds is 3. The number of methoxy groups -OCH3 is 1. The van der Waals surface area contributed by atoms with Gasteiger partial charge in [0.2, 0.25) is 0 Å². The largest absolute Gasteiger partial charge is 0.496 e. The van der Waals surface area contributed by atoms with Gasteiger partial charge in [0.1, 0.15) is 5.76 Å². The molecule has 2 aromatic carbocycles. The number of ether oxygens (including phenoxy) is 1. The molecule has 0 amide bonds. The molecule has 0 aromatic heterocycles. The van der Waals surface area contributed by atoms with Crippen LogP contribution in [0.4, 0.5) is 5.69 Å². The molecular weight excluding hydrogens is 310 g/mol. The van der Waals surface area contributed by atoms with Crippen molar-refractivity contribution in [2.45, 2.75) is 18.2 Å². The summed E-state index contributed by atoms with van der Waals surface area (Å²) in [5, 5.41) is 0. The summed E-state index contributed by atoms with van der Waals surface area (Å²) in [6.07, 6.45) is 2.53. The van der Waals surface area contributed by atoms with Crippen LogP contribution < -0.4 is 4.31 Å². The minimum absolute atomic E-state index is 0.304. The summed E-state index contributed by atoms with van der Waals surface area (Å²) in [6, 6.07) is 14.4. The van der Waals surface area contributed by atoms with E-state index in [1.807, 2.05) is 49.4 Å². The average molecular weight is 329 g/mol. The summed E-state index contributed by atoms with van der Waals surface area (Å²) in [5.74, 6) is 0.710. The van der Waals surface area contributed by atoms with E-state index in [4.69, 9.17) is 4.74 Å². The fourth-order valence-electron chi connectivity index (χ4n) is 2.72. The molecule has 5 heteroatoms. The maximum atomic E-state index is 13.1. The number of anilines is 1. The molecule has 0 bridgehead atoms. The Balaban J connectivity index is 2.11. The van der Waals surface area contributed by atoms with Crippen LogP contribution in [0.2, 0.25) is 0 Å². The first-order valence-electron chi connectivity index (χ1n) is 7.47. The smallest absolute Gasteiger partial charge is 0.264 e.